The topological polar surface area (TPSA) is 29.5 Å². The summed E-state index contributed by atoms with van der Waals surface area (Å²) < 4.78 is 5.27. The van der Waals surface area contributed by atoms with E-state index in [1.54, 1.807) is 7.11 Å². The van der Waals surface area contributed by atoms with Crippen LogP contribution in [0.5, 0.6) is 11.5 Å². The Morgan fingerprint density at radius 2 is 1.04 bits per heavy atom. The SMILES string of the molecule is COc1ccc(-c2cc(-c3ccccc3)c(O)c(-c3ccccc3)c2)cc1. The first kappa shape index (κ1) is 16.9. The molecular formula is C25H20O2. The molecule has 132 valence electrons. The Balaban J connectivity index is 1.93. The molecule has 0 atom stereocenters. The average molecular weight is 352 g/mol. The zero-order valence-corrected chi connectivity index (χ0v) is 15.1. The minimum absolute atomic E-state index is 0.296. The number of hydrogen-bond donors (Lipinski definition) is 1. The largest absolute Gasteiger partial charge is 0.507 e. The van der Waals surface area contributed by atoms with Gasteiger partial charge in [-0.05, 0) is 46.5 Å². The summed E-state index contributed by atoms with van der Waals surface area (Å²) >= 11 is 0. The van der Waals surface area contributed by atoms with Crippen LogP contribution in [-0.2, 0) is 0 Å². The maximum atomic E-state index is 11.0. The van der Waals surface area contributed by atoms with Crippen LogP contribution in [0.3, 0.4) is 0 Å². The van der Waals surface area contributed by atoms with E-state index in [1.165, 1.54) is 0 Å². The van der Waals surface area contributed by atoms with Gasteiger partial charge in [-0.2, -0.15) is 0 Å². The van der Waals surface area contributed by atoms with E-state index < -0.39 is 0 Å². The smallest absolute Gasteiger partial charge is 0.131 e. The van der Waals surface area contributed by atoms with E-state index in [1.807, 2.05) is 97.1 Å². The van der Waals surface area contributed by atoms with Crippen LogP contribution in [0.25, 0.3) is 33.4 Å². The third-order valence-corrected chi connectivity index (χ3v) is 4.70. The second-order valence-electron chi connectivity index (χ2n) is 6.38. The molecule has 0 aliphatic carbocycles. The molecule has 0 spiro atoms. The summed E-state index contributed by atoms with van der Waals surface area (Å²) in [4.78, 5) is 0. The Morgan fingerprint density at radius 3 is 1.48 bits per heavy atom. The molecule has 0 unspecified atom stereocenters. The van der Waals surface area contributed by atoms with E-state index >= 15 is 0 Å². The van der Waals surface area contributed by atoms with Gasteiger partial charge in [-0.1, -0.05) is 72.8 Å². The summed E-state index contributed by atoms with van der Waals surface area (Å²) in [5.41, 5.74) is 5.74. The van der Waals surface area contributed by atoms with Crippen LogP contribution >= 0.6 is 0 Å². The predicted molar refractivity (Wildman–Crippen MR) is 111 cm³/mol. The van der Waals surface area contributed by atoms with Crippen LogP contribution in [0.4, 0.5) is 0 Å². The Kier molecular flexibility index (Phi) is 4.63. The van der Waals surface area contributed by atoms with Crippen molar-refractivity contribution in [1.82, 2.24) is 0 Å². The standard InChI is InChI=1S/C25H20O2/c1-27-22-14-12-18(13-15-22)21-16-23(19-8-4-2-5-9-19)25(26)24(17-21)20-10-6-3-7-11-20/h2-17,26H,1H3. The number of rotatable bonds is 4. The predicted octanol–water partition coefficient (Wildman–Crippen LogP) is 6.40. The number of benzene rings is 4. The van der Waals surface area contributed by atoms with Gasteiger partial charge in [0.2, 0.25) is 0 Å². The lowest BCUT2D eigenvalue weighted by Crippen LogP contribution is -1.88. The molecule has 0 aliphatic rings. The molecule has 0 saturated carbocycles. The van der Waals surface area contributed by atoms with Gasteiger partial charge in [0.25, 0.3) is 0 Å². The van der Waals surface area contributed by atoms with Crippen molar-refractivity contribution in [3.63, 3.8) is 0 Å². The summed E-state index contributed by atoms with van der Waals surface area (Å²) in [6.07, 6.45) is 0. The first-order valence-corrected chi connectivity index (χ1v) is 8.88. The fraction of sp³-hybridized carbons (Fsp3) is 0.0400. The quantitative estimate of drug-likeness (QED) is 0.460. The summed E-state index contributed by atoms with van der Waals surface area (Å²) in [5, 5.41) is 11.0. The zero-order valence-electron chi connectivity index (χ0n) is 15.1. The van der Waals surface area contributed by atoms with Gasteiger partial charge < -0.3 is 9.84 Å². The normalized spacial score (nSPS) is 10.6. The maximum Gasteiger partial charge on any atom is 0.131 e. The molecule has 0 amide bonds. The van der Waals surface area contributed by atoms with Crippen molar-refractivity contribution in [2.24, 2.45) is 0 Å². The lowest BCUT2D eigenvalue weighted by atomic mass is 9.92. The van der Waals surface area contributed by atoms with E-state index in [9.17, 15) is 5.11 Å². The first-order chi connectivity index (χ1) is 13.3. The fourth-order valence-electron chi connectivity index (χ4n) is 3.26. The van der Waals surface area contributed by atoms with E-state index in [4.69, 9.17) is 4.74 Å². The fourth-order valence-corrected chi connectivity index (χ4v) is 3.26. The summed E-state index contributed by atoms with van der Waals surface area (Å²) in [6.45, 7) is 0. The molecular weight excluding hydrogens is 332 g/mol. The van der Waals surface area contributed by atoms with Crippen molar-refractivity contribution >= 4 is 0 Å². The lowest BCUT2D eigenvalue weighted by molar-refractivity contribution is 0.415. The van der Waals surface area contributed by atoms with E-state index in [0.29, 0.717) is 5.75 Å². The van der Waals surface area contributed by atoms with Gasteiger partial charge >= 0.3 is 0 Å². The molecule has 1 N–H and O–H groups in total. The Labute approximate surface area is 159 Å². The first-order valence-electron chi connectivity index (χ1n) is 8.88. The maximum absolute atomic E-state index is 11.0. The third-order valence-electron chi connectivity index (χ3n) is 4.70. The highest BCUT2D eigenvalue weighted by molar-refractivity contribution is 5.87. The van der Waals surface area contributed by atoms with Crippen LogP contribution < -0.4 is 4.74 Å². The highest BCUT2D eigenvalue weighted by Gasteiger charge is 2.14. The van der Waals surface area contributed by atoms with E-state index in [0.717, 1.165) is 39.1 Å². The number of ether oxygens (including phenoxy) is 1. The zero-order chi connectivity index (χ0) is 18.6. The molecule has 4 aromatic rings. The molecule has 4 rings (SSSR count). The number of aromatic hydroxyl groups is 1. The Bertz CT molecular complexity index is 976. The second kappa shape index (κ2) is 7.38. The molecule has 0 radical (unpaired) electrons. The Morgan fingerprint density at radius 1 is 0.556 bits per heavy atom. The van der Waals surface area contributed by atoms with Gasteiger partial charge in [0.1, 0.15) is 11.5 Å². The monoisotopic (exact) mass is 352 g/mol. The molecule has 0 aromatic heterocycles. The molecule has 0 heterocycles. The number of methoxy groups -OCH3 is 1. The van der Waals surface area contributed by atoms with Crippen LogP contribution in [0.1, 0.15) is 0 Å². The van der Waals surface area contributed by atoms with Crippen molar-refractivity contribution in [3.8, 4) is 44.9 Å². The van der Waals surface area contributed by atoms with Crippen LogP contribution in [0, 0.1) is 0 Å². The number of phenolic OH excluding ortho intramolecular Hbond substituents is 1. The van der Waals surface area contributed by atoms with Crippen molar-refractivity contribution in [1.29, 1.82) is 0 Å². The average Bonchev–Trinajstić information content (AvgIpc) is 2.75. The van der Waals surface area contributed by atoms with Crippen LogP contribution in [0.2, 0.25) is 0 Å². The Hall–Kier alpha value is -3.52. The molecule has 27 heavy (non-hydrogen) atoms. The number of phenols is 1. The van der Waals surface area contributed by atoms with Gasteiger partial charge in [0, 0.05) is 11.1 Å². The van der Waals surface area contributed by atoms with Crippen molar-refractivity contribution in [3.05, 3.63) is 97.1 Å². The van der Waals surface area contributed by atoms with Crippen LogP contribution in [-0.4, -0.2) is 12.2 Å². The van der Waals surface area contributed by atoms with Crippen LogP contribution in [0.15, 0.2) is 97.1 Å². The van der Waals surface area contributed by atoms with Gasteiger partial charge in [0.15, 0.2) is 0 Å². The summed E-state index contributed by atoms with van der Waals surface area (Å²) in [5.74, 6) is 1.12. The summed E-state index contributed by atoms with van der Waals surface area (Å²) in [7, 11) is 1.66. The molecule has 0 bridgehead atoms. The van der Waals surface area contributed by atoms with Gasteiger partial charge in [-0.25, -0.2) is 0 Å². The summed E-state index contributed by atoms with van der Waals surface area (Å²) in [6, 6.07) is 32.0. The molecule has 2 heteroatoms. The van der Waals surface area contributed by atoms with E-state index in [-0.39, 0.29) is 0 Å². The minimum atomic E-state index is 0.296. The van der Waals surface area contributed by atoms with Gasteiger partial charge in [0.05, 0.1) is 7.11 Å². The molecule has 0 aliphatic heterocycles. The van der Waals surface area contributed by atoms with Gasteiger partial charge in [-0.15, -0.1) is 0 Å². The molecule has 2 nitrogen and oxygen atoms in total. The van der Waals surface area contributed by atoms with Crippen molar-refractivity contribution in [2.75, 3.05) is 7.11 Å². The lowest BCUT2D eigenvalue weighted by Gasteiger charge is -2.14. The molecule has 4 aromatic carbocycles. The highest BCUT2D eigenvalue weighted by Crippen LogP contribution is 2.41. The minimum Gasteiger partial charge on any atom is -0.507 e. The highest BCUT2D eigenvalue weighted by atomic mass is 16.5. The third kappa shape index (κ3) is 3.42. The van der Waals surface area contributed by atoms with Gasteiger partial charge in [-0.3, -0.25) is 0 Å². The number of hydrogen-bond acceptors (Lipinski definition) is 2. The molecule has 0 saturated heterocycles. The van der Waals surface area contributed by atoms with Crippen molar-refractivity contribution < 1.29 is 9.84 Å². The van der Waals surface area contributed by atoms with Crippen molar-refractivity contribution in [2.45, 2.75) is 0 Å². The molecule has 0 fully saturated rings. The second-order valence-corrected chi connectivity index (χ2v) is 6.38. The van der Waals surface area contributed by atoms with E-state index in [2.05, 4.69) is 0 Å².